The highest BCUT2D eigenvalue weighted by Crippen LogP contribution is 2.41. The molecule has 5 nitrogen and oxygen atoms in total. The fourth-order valence-corrected chi connectivity index (χ4v) is 6.96. The lowest BCUT2D eigenvalue weighted by Crippen LogP contribution is -2.52. The molecule has 2 aromatic carbocycles. The third-order valence-corrected chi connectivity index (χ3v) is 9.62. The van der Waals surface area contributed by atoms with Crippen molar-refractivity contribution in [3.05, 3.63) is 143 Å². The van der Waals surface area contributed by atoms with Crippen LogP contribution in [-0.2, 0) is 4.74 Å². The minimum Gasteiger partial charge on any atom is -0.443 e. The molecule has 5 heteroatoms. The molecule has 0 bridgehead atoms. The van der Waals surface area contributed by atoms with Gasteiger partial charge in [-0.1, -0.05) is 97.1 Å². The molecule has 1 unspecified atom stereocenters. The summed E-state index contributed by atoms with van der Waals surface area (Å²) in [5.74, 6) is 3.12. The van der Waals surface area contributed by atoms with Crippen LogP contribution in [0.4, 0.5) is 0 Å². The molecule has 2 N–H and O–H groups in total. The van der Waals surface area contributed by atoms with E-state index in [-0.39, 0.29) is 5.54 Å². The maximum absolute atomic E-state index is 6.74. The van der Waals surface area contributed by atoms with Gasteiger partial charge in [-0.3, -0.25) is 0 Å². The summed E-state index contributed by atoms with van der Waals surface area (Å²) < 4.78 is 8.91. The first-order valence-electron chi connectivity index (χ1n) is 15.9. The molecule has 2 aromatic rings. The van der Waals surface area contributed by atoms with E-state index < -0.39 is 0 Å². The summed E-state index contributed by atoms with van der Waals surface area (Å²) in [5, 5.41) is 7.17. The van der Waals surface area contributed by atoms with E-state index in [2.05, 4.69) is 122 Å². The summed E-state index contributed by atoms with van der Waals surface area (Å²) in [7, 11) is 2.17. The molecule has 2 heterocycles. The number of hydrogen-bond acceptors (Lipinski definition) is 4. The van der Waals surface area contributed by atoms with Crippen LogP contribution in [-0.4, -0.2) is 33.8 Å². The number of hydrogen-bond donors (Lipinski definition) is 1. The normalized spacial score (nSPS) is 22.9. The van der Waals surface area contributed by atoms with Gasteiger partial charge in [0.15, 0.2) is 0 Å². The Labute approximate surface area is 261 Å². The van der Waals surface area contributed by atoms with E-state index in [9.17, 15) is 0 Å². The Morgan fingerprint density at radius 3 is 2.36 bits per heavy atom. The van der Waals surface area contributed by atoms with Gasteiger partial charge in [-0.15, -0.1) is 5.01 Å². The molecule has 5 aliphatic rings. The van der Waals surface area contributed by atoms with Crippen LogP contribution in [0.3, 0.4) is 0 Å². The molecule has 1 atom stereocenters. The fraction of sp³-hybridized carbons (Fsp3) is 0.282. The highest BCUT2D eigenvalue weighted by Gasteiger charge is 2.41. The molecule has 0 amide bonds. The van der Waals surface area contributed by atoms with Gasteiger partial charge in [0.2, 0.25) is 5.90 Å². The lowest BCUT2D eigenvalue weighted by atomic mass is 9.66. The van der Waals surface area contributed by atoms with Crippen LogP contribution in [0, 0.1) is 5.92 Å². The summed E-state index contributed by atoms with van der Waals surface area (Å²) in [5.41, 5.74) is 15.2. The van der Waals surface area contributed by atoms with Crippen LogP contribution in [0.15, 0.2) is 137 Å². The van der Waals surface area contributed by atoms with Gasteiger partial charge in [0.25, 0.3) is 0 Å². The van der Waals surface area contributed by atoms with Gasteiger partial charge < -0.3 is 10.5 Å². The quantitative estimate of drug-likeness (QED) is 0.363. The number of nitrogens with zero attached hydrogens (tertiary/aromatic N) is 3. The molecular formula is C39H41N4O+. The van der Waals surface area contributed by atoms with Crippen LogP contribution in [0.2, 0.25) is 0 Å². The number of rotatable bonds is 5. The van der Waals surface area contributed by atoms with Crippen LogP contribution >= 0.6 is 0 Å². The first-order valence-corrected chi connectivity index (χ1v) is 15.9. The Morgan fingerprint density at radius 2 is 1.68 bits per heavy atom. The molecule has 2 aliphatic heterocycles. The van der Waals surface area contributed by atoms with Crippen molar-refractivity contribution in [1.82, 2.24) is 5.01 Å². The van der Waals surface area contributed by atoms with Gasteiger partial charge in [-0.2, -0.15) is 0 Å². The Balaban J connectivity index is 1.21. The van der Waals surface area contributed by atoms with Crippen LogP contribution in [0.5, 0.6) is 0 Å². The average Bonchev–Trinajstić information content (AvgIpc) is 3.37. The van der Waals surface area contributed by atoms with Crippen molar-refractivity contribution in [3.8, 4) is 0 Å². The third-order valence-electron chi connectivity index (χ3n) is 9.62. The molecule has 0 spiro atoms. The molecule has 1 fully saturated rings. The minimum absolute atomic E-state index is 0.0394. The molecule has 3 aliphatic carbocycles. The molecule has 0 aromatic heterocycles. The monoisotopic (exact) mass is 581 g/mol. The Kier molecular flexibility index (Phi) is 7.65. The Morgan fingerprint density at radius 1 is 0.955 bits per heavy atom. The minimum atomic E-state index is -0.0394. The predicted molar refractivity (Wildman–Crippen MR) is 180 cm³/mol. The zero-order valence-corrected chi connectivity index (χ0v) is 25.7. The number of hydrazone groups is 1. The number of ether oxygens (including phenoxy) is 1. The van der Waals surface area contributed by atoms with Crippen LogP contribution in [0.25, 0.3) is 11.1 Å². The van der Waals surface area contributed by atoms with Crippen molar-refractivity contribution in [2.24, 2.45) is 16.8 Å². The molecule has 1 saturated carbocycles. The maximum Gasteiger partial charge on any atom is 0.306 e. The maximum atomic E-state index is 6.74. The molecular weight excluding hydrogens is 540 g/mol. The second kappa shape index (κ2) is 11.9. The van der Waals surface area contributed by atoms with Crippen molar-refractivity contribution >= 4 is 22.8 Å². The SMILES string of the molecule is CC1=C2N(C=C(c3ccccc3)C(C3=CCC(C4(N)CCC4)C=C3)=[N+]2C)N=C(OC2=CC=CC=C(c3ccccc3)C2)CC1. The molecule has 0 saturated heterocycles. The van der Waals surface area contributed by atoms with E-state index in [1.807, 2.05) is 11.1 Å². The van der Waals surface area contributed by atoms with Crippen molar-refractivity contribution in [2.45, 2.75) is 57.4 Å². The smallest absolute Gasteiger partial charge is 0.306 e. The first kappa shape index (κ1) is 28.3. The molecule has 222 valence electrons. The summed E-state index contributed by atoms with van der Waals surface area (Å²) in [4.78, 5) is 0. The van der Waals surface area contributed by atoms with Crippen molar-refractivity contribution < 1.29 is 9.31 Å². The van der Waals surface area contributed by atoms with Crippen molar-refractivity contribution in [2.75, 3.05) is 7.05 Å². The number of fused-ring (bicyclic) bond motifs is 1. The van der Waals surface area contributed by atoms with E-state index in [4.69, 9.17) is 15.6 Å². The number of allylic oxidation sites excluding steroid dienone is 10. The Bertz CT molecular complexity index is 1730. The van der Waals surface area contributed by atoms with E-state index in [1.165, 1.54) is 34.4 Å². The third kappa shape index (κ3) is 5.48. The Hall–Kier alpha value is -4.48. The summed E-state index contributed by atoms with van der Waals surface area (Å²) in [6, 6.07) is 21.1. The van der Waals surface area contributed by atoms with Gasteiger partial charge in [0.05, 0.1) is 12.6 Å². The van der Waals surface area contributed by atoms with Gasteiger partial charge in [-0.25, -0.2) is 4.58 Å². The van der Waals surface area contributed by atoms with Gasteiger partial charge in [0.1, 0.15) is 17.7 Å². The molecule has 7 rings (SSSR count). The van der Waals surface area contributed by atoms with Crippen molar-refractivity contribution in [3.63, 3.8) is 0 Å². The topological polar surface area (TPSA) is 53.9 Å². The summed E-state index contributed by atoms with van der Waals surface area (Å²) >= 11 is 0. The van der Waals surface area contributed by atoms with E-state index in [1.54, 1.807) is 0 Å². The lowest BCUT2D eigenvalue weighted by molar-refractivity contribution is -0.463. The fourth-order valence-electron chi connectivity index (χ4n) is 6.96. The van der Waals surface area contributed by atoms with Crippen LogP contribution in [0.1, 0.15) is 63.0 Å². The molecule has 44 heavy (non-hydrogen) atoms. The lowest BCUT2D eigenvalue weighted by Gasteiger charge is -2.44. The second-order valence-corrected chi connectivity index (χ2v) is 12.6. The summed E-state index contributed by atoms with van der Waals surface area (Å²) in [6.07, 6.45) is 24.4. The zero-order valence-electron chi connectivity index (χ0n) is 25.7. The second-order valence-electron chi connectivity index (χ2n) is 12.6. The van der Waals surface area contributed by atoms with Crippen molar-refractivity contribution in [1.29, 1.82) is 0 Å². The summed E-state index contributed by atoms with van der Waals surface area (Å²) in [6.45, 7) is 2.22. The van der Waals surface area contributed by atoms with Gasteiger partial charge >= 0.3 is 5.82 Å². The van der Waals surface area contributed by atoms with Gasteiger partial charge in [0, 0.05) is 29.5 Å². The standard InChI is InChI=1S/C39H41N4O/c1-28-18-23-36(44-34-17-10-9-16-32(26-34)29-12-5-3-6-13-29)41-43-27-35(30-14-7-4-8-15-30)37(42(2)38(28)43)31-19-21-33(22-20-31)39(40)24-11-25-39/h3-10,12-17,19-21,27,33H,11,18,22-26,40H2,1-2H3/q+1. The highest BCUT2D eigenvalue weighted by molar-refractivity contribution is 6.30. The largest absolute Gasteiger partial charge is 0.443 e. The predicted octanol–water partition coefficient (Wildman–Crippen LogP) is 8.09. The van der Waals surface area contributed by atoms with E-state index in [0.29, 0.717) is 12.3 Å². The zero-order chi connectivity index (χ0) is 30.1. The first-order chi connectivity index (χ1) is 21.5. The van der Waals surface area contributed by atoms with Crippen LogP contribution < -0.4 is 5.73 Å². The molecule has 0 radical (unpaired) electrons. The average molecular weight is 582 g/mol. The number of benzene rings is 2. The van der Waals surface area contributed by atoms with E-state index >= 15 is 0 Å². The number of nitrogens with two attached hydrogens (primary N) is 1. The van der Waals surface area contributed by atoms with E-state index in [0.717, 1.165) is 60.7 Å². The highest BCUT2D eigenvalue weighted by atomic mass is 16.5. The van der Waals surface area contributed by atoms with Gasteiger partial charge in [-0.05, 0) is 72.8 Å².